The van der Waals surface area contributed by atoms with Gasteiger partial charge in [-0.3, -0.25) is 24.6 Å². The van der Waals surface area contributed by atoms with E-state index in [0.29, 0.717) is 13.1 Å². The number of benzene rings is 1. The van der Waals surface area contributed by atoms with Crippen LogP contribution in [0.15, 0.2) is 35.7 Å². The third-order valence-electron chi connectivity index (χ3n) is 3.65. The topological polar surface area (TPSA) is 105 Å². The van der Waals surface area contributed by atoms with Gasteiger partial charge in [0.2, 0.25) is 11.8 Å². The summed E-state index contributed by atoms with van der Waals surface area (Å²) in [5.41, 5.74) is -0.222. The molecule has 10 heteroatoms. The van der Waals surface area contributed by atoms with Crippen LogP contribution in [0.3, 0.4) is 0 Å². The number of nitro benzene ring substituents is 1. The highest BCUT2D eigenvalue weighted by Gasteiger charge is 2.18. The van der Waals surface area contributed by atoms with Crippen LogP contribution in [0.2, 0.25) is 5.02 Å². The number of carbonyl (C=O) groups excluding carboxylic acids is 2. The summed E-state index contributed by atoms with van der Waals surface area (Å²) < 4.78 is 0. The van der Waals surface area contributed by atoms with Crippen molar-refractivity contribution < 1.29 is 14.5 Å². The summed E-state index contributed by atoms with van der Waals surface area (Å²) in [4.78, 5) is 37.4. The molecule has 2 N–H and O–H groups in total. The summed E-state index contributed by atoms with van der Waals surface area (Å²) in [6, 6.07) is 7.76. The van der Waals surface area contributed by atoms with E-state index >= 15 is 0 Å². The molecule has 0 fully saturated rings. The zero-order chi connectivity index (χ0) is 19.8. The van der Waals surface area contributed by atoms with Gasteiger partial charge in [-0.15, -0.1) is 11.3 Å². The molecule has 1 aromatic carbocycles. The Bertz CT molecular complexity index is 813. The number of thiophene rings is 1. The summed E-state index contributed by atoms with van der Waals surface area (Å²) in [5.74, 6) is -0.667. The van der Waals surface area contributed by atoms with Crippen molar-refractivity contribution >= 4 is 46.1 Å². The molecule has 1 aromatic heterocycles. The molecule has 0 saturated carbocycles. The standard InChI is InChI=1S/C17H19ClN4O4S/c1-2-21(10-16(23)19-9-13-4-3-7-27-13)11-17(24)20-14-8-12(18)5-6-15(14)22(25)26/h3-8H,2,9-11H2,1H3,(H,19,23)(H,20,24). The Kier molecular flexibility index (Phi) is 7.71. The number of rotatable bonds is 9. The summed E-state index contributed by atoms with van der Waals surface area (Å²) in [6.07, 6.45) is 0. The maximum atomic E-state index is 12.2. The number of nitrogens with zero attached hydrogens (tertiary/aromatic N) is 2. The minimum atomic E-state index is -0.596. The fourth-order valence-corrected chi connectivity index (χ4v) is 3.11. The second kappa shape index (κ2) is 10.0. The Morgan fingerprint density at radius 3 is 2.63 bits per heavy atom. The molecular weight excluding hydrogens is 392 g/mol. The van der Waals surface area contributed by atoms with Crippen LogP contribution in [0.5, 0.6) is 0 Å². The molecule has 0 atom stereocenters. The number of nitro groups is 1. The number of halogens is 1. The molecule has 0 saturated heterocycles. The summed E-state index contributed by atoms with van der Waals surface area (Å²) in [6.45, 7) is 2.70. The Morgan fingerprint density at radius 1 is 1.26 bits per heavy atom. The van der Waals surface area contributed by atoms with E-state index in [0.717, 1.165) is 4.88 Å². The molecule has 0 unspecified atom stereocenters. The van der Waals surface area contributed by atoms with Gasteiger partial charge in [-0.25, -0.2) is 0 Å². The first-order valence-electron chi connectivity index (χ1n) is 8.14. The van der Waals surface area contributed by atoms with Gasteiger partial charge in [0, 0.05) is 16.0 Å². The summed E-state index contributed by atoms with van der Waals surface area (Å²) in [5, 5.41) is 18.5. The minimum absolute atomic E-state index is 0.0238. The number of hydrogen-bond acceptors (Lipinski definition) is 6. The maximum absolute atomic E-state index is 12.2. The van der Waals surface area contributed by atoms with E-state index in [-0.39, 0.29) is 35.4 Å². The molecule has 27 heavy (non-hydrogen) atoms. The normalized spacial score (nSPS) is 10.6. The van der Waals surface area contributed by atoms with Crippen molar-refractivity contribution in [2.24, 2.45) is 0 Å². The first-order chi connectivity index (χ1) is 12.9. The molecule has 2 aromatic rings. The van der Waals surface area contributed by atoms with Gasteiger partial charge in [0.15, 0.2) is 0 Å². The summed E-state index contributed by atoms with van der Waals surface area (Å²) in [7, 11) is 0. The van der Waals surface area contributed by atoms with E-state index in [1.54, 1.807) is 16.2 Å². The molecule has 0 aliphatic rings. The van der Waals surface area contributed by atoms with E-state index in [1.807, 2.05) is 24.4 Å². The van der Waals surface area contributed by atoms with Gasteiger partial charge in [0.1, 0.15) is 5.69 Å². The monoisotopic (exact) mass is 410 g/mol. The van der Waals surface area contributed by atoms with Crippen LogP contribution in [-0.2, 0) is 16.1 Å². The second-order valence-corrected chi connectivity index (χ2v) is 7.09. The molecule has 8 nitrogen and oxygen atoms in total. The lowest BCUT2D eigenvalue weighted by molar-refractivity contribution is -0.383. The van der Waals surface area contributed by atoms with E-state index in [4.69, 9.17) is 11.6 Å². The van der Waals surface area contributed by atoms with Crippen LogP contribution in [-0.4, -0.2) is 41.3 Å². The lowest BCUT2D eigenvalue weighted by atomic mass is 10.2. The molecule has 2 rings (SSSR count). The van der Waals surface area contributed by atoms with Crippen LogP contribution in [0.25, 0.3) is 0 Å². The van der Waals surface area contributed by atoms with Crippen LogP contribution in [0.1, 0.15) is 11.8 Å². The largest absolute Gasteiger partial charge is 0.350 e. The summed E-state index contributed by atoms with van der Waals surface area (Å²) >= 11 is 7.40. The molecule has 0 spiro atoms. The van der Waals surface area contributed by atoms with E-state index in [2.05, 4.69) is 10.6 Å². The van der Waals surface area contributed by atoms with Gasteiger partial charge in [-0.1, -0.05) is 24.6 Å². The first-order valence-corrected chi connectivity index (χ1v) is 9.40. The number of hydrogen-bond donors (Lipinski definition) is 2. The smallest absolute Gasteiger partial charge is 0.292 e. The average molecular weight is 411 g/mol. The van der Waals surface area contributed by atoms with Crippen molar-refractivity contribution in [3.63, 3.8) is 0 Å². The molecule has 0 aliphatic heterocycles. The SMILES string of the molecule is CCN(CC(=O)NCc1cccs1)CC(=O)Nc1cc(Cl)ccc1[N+](=O)[O-]. The van der Waals surface area contributed by atoms with Gasteiger partial charge in [0.05, 0.1) is 24.6 Å². The Labute approximate surface area is 165 Å². The number of anilines is 1. The highest BCUT2D eigenvalue weighted by molar-refractivity contribution is 7.09. The second-order valence-electron chi connectivity index (χ2n) is 5.63. The maximum Gasteiger partial charge on any atom is 0.292 e. The molecule has 0 aliphatic carbocycles. The zero-order valence-electron chi connectivity index (χ0n) is 14.6. The average Bonchev–Trinajstić information content (AvgIpc) is 3.12. The van der Waals surface area contributed by atoms with E-state index < -0.39 is 10.8 Å². The molecule has 2 amide bonds. The van der Waals surface area contributed by atoms with Gasteiger partial charge >= 0.3 is 0 Å². The van der Waals surface area contributed by atoms with E-state index in [9.17, 15) is 19.7 Å². The molecule has 0 radical (unpaired) electrons. The zero-order valence-corrected chi connectivity index (χ0v) is 16.2. The van der Waals surface area contributed by atoms with Crippen molar-refractivity contribution in [1.29, 1.82) is 0 Å². The molecule has 1 heterocycles. The van der Waals surface area contributed by atoms with Gasteiger partial charge < -0.3 is 10.6 Å². The first kappa shape index (κ1) is 20.8. The third-order valence-corrected chi connectivity index (χ3v) is 4.76. The molecule has 144 valence electrons. The predicted octanol–water partition coefficient (Wildman–Crippen LogP) is 2.89. The van der Waals surface area contributed by atoms with E-state index in [1.165, 1.54) is 18.2 Å². The number of carbonyl (C=O) groups is 2. The third kappa shape index (κ3) is 6.63. The quantitative estimate of drug-likeness (QED) is 0.488. The fraction of sp³-hybridized carbons (Fsp3) is 0.294. The van der Waals surface area contributed by atoms with Gasteiger partial charge in [-0.05, 0) is 30.1 Å². The van der Waals surface area contributed by atoms with Crippen LogP contribution in [0.4, 0.5) is 11.4 Å². The fourth-order valence-electron chi connectivity index (χ4n) is 2.30. The lowest BCUT2D eigenvalue weighted by Gasteiger charge is -2.19. The van der Waals surface area contributed by atoms with Crippen molar-refractivity contribution in [2.75, 3.05) is 25.0 Å². The minimum Gasteiger partial charge on any atom is -0.350 e. The van der Waals surface area contributed by atoms with Gasteiger partial charge in [0.25, 0.3) is 5.69 Å². The van der Waals surface area contributed by atoms with Crippen LogP contribution >= 0.6 is 22.9 Å². The van der Waals surface area contributed by atoms with Gasteiger partial charge in [-0.2, -0.15) is 0 Å². The molecular formula is C17H19ClN4O4S. The van der Waals surface area contributed by atoms with Crippen molar-refractivity contribution in [1.82, 2.24) is 10.2 Å². The Morgan fingerprint density at radius 2 is 2.00 bits per heavy atom. The Balaban J connectivity index is 1.90. The van der Waals surface area contributed by atoms with Crippen molar-refractivity contribution in [3.05, 3.63) is 55.7 Å². The van der Waals surface area contributed by atoms with Crippen LogP contribution < -0.4 is 10.6 Å². The predicted molar refractivity (Wildman–Crippen MR) is 105 cm³/mol. The van der Waals surface area contributed by atoms with Crippen molar-refractivity contribution in [2.45, 2.75) is 13.5 Å². The lowest BCUT2D eigenvalue weighted by Crippen LogP contribution is -2.40. The molecule has 0 bridgehead atoms. The number of likely N-dealkylation sites (N-methyl/N-ethyl adjacent to an activating group) is 1. The van der Waals surface area contributed by atoms with Crippen molar-refractivity contribution in [3.8, 4) is 0 Å². The number of amides is 2. The number of nitrogens with one attached hydrogen (secondary N) is 2. The van der Waals surface area contributed by atoms with Crippen LogP contribution in [0, 0.1) is 10.1 Å². The highest BCUT2D eigenvalue weighted by Crippen LogP contribution is 2.27. The highest BCUT2D eigenvalue weighted by atomic mass is 35.5. The Hall–Kier alpha value is -2.49.